The third-order valence-electron chi connectivity index (χ3n) is 6.26. The molecular formula is C30H24F3N3O5. The fourth-order valence-electron chi connectivity index (χ4n) is 4.24. The van der Waals surface area contributed by atoms with Crippen LogP contribution in [0, 0.1) is 0 Å². The summed E-state index contributed by atoms with van der Waals surface area (Å²) < 4.78 is 57.0. The summed E-state index contributed by atoms with van der Waals surface area (Å²) in [6.07, 6.45) is 0.199. The number of carbonyl (C=O) groups excluding carboxylic acids is 2. The number of halogens is 3. The Hall–Kier alpha value is -4.93. The molecule has 4 aromatic rings. The topological polar surface area (TPSA) is 92.5 Å². The molecule has 0 saturated heterocycles. The van der Waals surface area contributed by atoms with Gasteiger partial charge in [0.25, 0.3) is 0 Å². The summed E-state index contributed by atoms with van der Waals surface area (Å²) >= 11 is 0. The Labute approximate surface area is 233 Å². The lowest BCUT2D eigenvalue weighted by Gasteiger charge is -2.12. The summed E-state index contributed by atoms with van der Waals surface area (Å²) in [7, 11) is 0. The molecule has 0 spiro atoms. The number of rotatable bonds is 10. The van der Waals surface area contributed by atoms with E-state index in [1.807, 2.05) is 0 Å². The van der Waals surface area contributed by atoms with E-state index in [2.05, 4.69) is 10.3 Å². The third-order valence-corrected chi connectivity index (χ3v) is 6.26. The van der Waals surface area contributed by atoms with E-state index in [0.29, 0.717) is 34.9 Å². The van der Waals surface area contributed by atoms with Gasteiger partial charge in [-0.3, -0.25) is 4.79 Å². The van der Waals surface area contributed by atoms with Crippen molar-refractivity contribution in [3.8, 4) is 17.2 Å². The molecular weight excluding hydrogens is 539 g/mol. The lowest BCUT2D eigenvalue weighted by molar-refractivity contribution is -0.139. The number of nitrogens with zero attached hydrogens (tertiary/aromatic N) is 3. The summed E-state index contributed by atoms with van der Waals surface area (Å²) in [5.74, 6) is 0.464. The minimum absolute atomic E-state index is 0.00353. The maximum atomic E-state index is 13.2. The van der Waals surface area contributed by atoms with Crippen molar-refractivity contribution in [1.29, 1.82) is 0 Å². The zero-order chi connectivity index (χ0) is 28.8. The van der Waals surface area contributed by atoms with Gasteiger partial charge in [0.15, 0.2) is 11.5 Å². The van der Waals surface area contributed by atoms with E-state index < -0.39 is 17.7 Å². The van der Waals surface area contributed by atoms with Gasteiger partial charge in [-0.05, 0) is 53.1 Å². The smallest absolute Gasteiger partial charge is 0.416 e. The fourth-order valence-corrected chi connectivity index (χ4v) is 4.24. The number of benzene rings is 3. The first-order valence-electron chi connectivity index (χ1n) is 12.7. The number of hydrogen-bond acceptors (Lipinski definition) is 7. The Morgan fingerprint density at radius 1 is 0.976 bits per heavy atom. The molecule has 0 amide bonds. The van der Waals surface area contributed by atoms with Crippen molar-refractivity contribution in [2.45, 2.75) is 25.4 Å². The van der Waals surface area contributed by atoms with E-state index >= 15 is 0 Å². The maximum absolute atomic E-state index is 13.2. The lowest BCUT2D eigenvalue weighted by Crippen LogP contribution is -2.13. The predicted molar refractivity (Wildman–Crippen MR) is 141 cm³/mol. The molecule has 0 atom stereocenters. The average Bonchev–Trinajstić information content (AvgIpc) is 3.61. The predicted octanol–water partition coefficient (Wildman–Crippen LogP) is 5.17. The van der Waals surface area contributed by atoms with Crippen molar-refractivity contribution in [3.63, 3.8) is 0 Å². The molecule has 1 aromatic heterocycles. The number of hydrogen-bond donors (Lipinski definition) is 0. The normalized spacial score (nSPS) is 12.6. The molecule has 3 aromatic carbocycles. The Bertz CT molecular complexity index is 1580. The van der Waals surface area contributed by atoms with Gasteiger partial charge in [0.05, 0.1) is 29.7 Å². The van der Waals surface area contributed by atoms with E-state index in [9.17, 15) is 22.8 Å². The Morgan fingerprint density at radius 2 is 1.76 bits per heavy atom. The minimum atomic E-state index is -4.51. The van der Waals surface area contributed by atoms with Crippen LogP contribution in [0.1, 0.15) is 27.9 Å². The van der Waals surface area contributed by atoms with Crippen LogP contribution >= 0.6 is 0 Å². The van der Waals surface area contributed by atoms with Crippen LogP contribution in [0.5, 0.6) is 11.5 Å². The summed E-state index contributed by atoms with van der Waals surface area (Å²) in [5, 5.41) is 8.18. The molecule has 1 aliphatic rings. The van der Waals surface area contributed by atoms with Gasteiger partial charge in [0, 0.05) is 25.3 Å². The number of aromatic nitrogens is 3. The van der Waals surface area contributed by atoms with E-state index in [4.69, 9.17) is 14.2 Å². The second-order valence-corrected chi connectivity index (χ2v) is 9.23. The van der Waals surface area contributed by atoms with Gasteiger partial charge in [0.1, 0.15) is 5.78 Å². The molecule has 0 bridgehead atoms. The average molecular weight is 564 g/mol. The first-order chi connectivity index (χ1) is 19.7. The van der Waals surface area contributed by atoms with Crippen LogP contribution in [0.25, 0.3) is 11.8 Å². The van der Waals surface area contributed by atoms with Gasteiger partial charge < -0.3 is 14.2 Å². The van der Waals surface area contributed by atoms with Gasteiger partial charge in [-0.2, -0.15) is 13.2 Å². The molecule has 0 saturated carbocycles. The van der Waals surface area contributed by atoms with Crippen molar-refractivity contribution >= 4 is 17.8 Å². The third kappa shape index (κ3) is 7.18. The molecule has 0 unspecified atom stereocenters. The Balaban J connectivity index is 1.09. The zero-order valence-electron chi connectivity index (χ0n) is 21.6. The molecule has 0 radical (unpaired) electrons. The molecule has 11 heteroatoms. The van der Waals surface area contributed by atoms with Crippen LogP contribution in [0.4, 0.5) is 13.2 Å². The molecule has 2 heterocycles. The van der Waals surface area contributed by atoms with E-state index in [-0.39, 0.29) is 37.6 Å². The Kier molecular flexibility index (Phi) is 8.14. The summed E-state index contributed by atoms with van der Waals surface area (Å²) in [6.45, 7) is 0.288. The highest BCUT2D eigenvalue weighted by atomic mass is 19.4. The second kappa shape index (κ2) is 12.1. The molecule has 0 N–H and O–H groups in total. The maximum Gasteiger partial charge on any atom is 0.416 e. The SMILES string of the molecule is O=C(Cc1ccc(-n2cc(CCOC(=O)/C=C/c3ccc4c(c3)OCO4)nn2)cc1)Cc1ccccc1C(F)(F)F. The van der Waals surface area contributed by atoms with Crippen LogP contribution in [0.15, 0.2) is 79.0 Å². The first kappa shape index (κ1) is 27.6. The van der Waals surface area contributed by atoms with Crippen molar-refractivity contribution in [1.82, 2.24) is 15.0 Å². The largest absolute Gasteiger partial charge is 0.462 e. The van der Waals surface area contributed by atoms with Crippen molar-refractivity contribution < 1.29 is 37.0 Å². The number of Topliss-reactive ketones (excluding diaryl/α,β-unsaturated/α-hetero) is 1. The van der Waals surface area contributed by atoms with Crippen molar-refractivity contribution in [2.75, 3.05) is 13.4 Å². The van der Waals surface area contributed by atoms with Crippen LogP contribution in [-0.2, 0) is 39.8 Å². The number of alkyl halides is 3. The summed E-state index contributed by atoms with van der Waals surface area (Å²) in [5.41, 5.74) is 1.91. The molecule has 41 heavy (non-hydrogen) atoms. The van der Waals surface area contributed by atoms with Crippen LogP contribution in [0.2, 0.25) is 0 Å². The lowest BCUT2D eigenvalue weighted by atomic mass is 9.98. The quantitative estimate of drug-likeness (QED) is 0.194. The zero-order valence-corrected chi connectivity index (χ0v) is 21.6. The van der Waals surface area contributed by atoms with Crippen LogP contribution in [0.3, 0.4) is 0 Å². The molecule has 1 aliphatic heterocycles. The fraction of sp³-hybridized carbons (Fsp3) is 0.200. The molecule has 5 rings (SSSR count). The molecule has 0 fully saturated rings. The highest BCUT2D eigenvalue weighted by Crippen LogP contribution is 2.33. The number of fused-ring (bicyclic) bond motifs is 1. The Morgan fingerprint density at radius 3 is 2.56 bits per heavy atom. The highest BCUT2D eigenvalue weighted by Gasteiger charge is 2.33. The second-order valence-electron chi connectivity index (χ2n) is 9.23. The number of ketones is 1. The van der Waals surface area contributed by atoms with Crippen LogP contribution < -0.4 is 9.47 Å². The number of esters is 1. The van der Waals surface area contributed by atoms with Gasteiger partial charge in [-0.15, -0.1) is 5.10 Å². The monoisotopic (exact) mass is 563 g/mol. The standard InChI is InChI=1S/C30H24F3N3O5/c31-30(32,33)26-4-2-1-3-22(26)17-25(37)15-20-5-9-24(10-6-20)36-18-23(34-35-36)13-14-39-29(38)12-8-21-7-11-27-28(16-21)41-19-40-27/h1-12,16,18H,13-15,17,19H2/b12-8+. The molecule has 0 aliphatic carbocycles. The van der Waals surface area contributed by atoms with E-state index in [0.717, 1.165) is 11.6 Å². The highest BCUT2D eigenvalue weighted by molar-refractivity contribution is 5.87. The van der Waals surface area contributed by atoms with Gasteiger partial charge in [0.2, 0.25) is 6.79 Å². The number of carbonyl (C=O) groups is 2. The van der Waals surface area contributed by atoms with Gasteiger partial charge in [-0.25, -0.2) is 9.48 Å². The van der Waals surface area contributed by atoms with Crippen molar-refractivity contribution in [2.24, 2.45) is 0 Å². The van der Waals surface area contributed by atoms with E-state index in [1.54, 1.807) is 59.4 Å². The van der Waals surface area contributed by atoms with Crippen molar-refractivity contribution in [3.05, 3.63) is 107 Å². The summed E-state index contributed by atoms with van der Waals surface area (Å²) in [6, 6.07) is 17.4. The van der Waals surface area contributed by atoms with E-state index in [1.165, 1.54) is 24.3 Å². The van der Waals surface area contributed by atoms with Crippen LogP contribution in [-0.4, -0.2) is 40.1 Å². The minimum Gasteiger partial charge on any atom is -0.462 e. The van der Waals surface area contributed by atoms with Gasteiger partial charge in [-0.1, -0.05) is 41.6 Å². The molecule has 8 nitrogen and oxygen atoms in total. The summed E-state index contributed by atoms with van der Waals surface area (Å²) in [4.78, 5) is 24.5. The van der Waals surface area contributed by atoms with Gasteiger partial charge >= 0.3 is 12.1 Å². The number of ether oxygens (including phenoxy) is 3. The first-order valence-corrected chi connectivity index (χ1v) is 12.7. The molecule has 210 valence electrons.